The highest BCUT2D eigenvalue weighted by molar-refractivity contribution is 6.04. The lowest BCUT2D eigenvalue weighted by Crippen LogP contribution is -2.15. The highest BCUT2D eigenvalue weighted by Gasteiger charge is 2.16. The number of anilines is 1. The summed E-state index contributed by atoms with van der Waals surface area (Å²) in [6.07, 6.45) is 0.976. The van der Waals surface area contributed by atoms with Crippen LogP contribution in [0.5, 0.6) is 0 Å². The monoisotopic (exact) mass is 266 g/mol. The Hall–Kier alpha value is -2.37. The molecule has 0 fully saturated rings. The topological polar surface area (TPSA) is 42.0 Å². The van der Waals surface area contributed by atoms with E-state index in [1.807, 2.05) is 0 Å². The minimum absolute atomic E-state index is 0.166. The van der Waals surface area contributed by atoms with Crippen molar-refractivity contribution in [1.82, 2.24) is 4.98 Å². The Bertz CT molecular complexity index is 624. The molecule has 2 aromatic rings. The van der Waals surface area contributed by atoms with Gasteiger partial charge in [0.05, 0.1) is 5.56 Å². The number of aromatic nitrogens is 1. The first-order chi connectivity index (χ1) is 8.97. The molecule has 3 nitrogen and oxygen atoms in total. The van der Waals surface area contributed by atoms with E-state index in [0.29, 0.717) is 5.56 Å². The Kier molecular flexibility index (Phi) is 3.50. The first-order valence-electron chi connectivity index (χ1n) is 5.36. The smallest absolute Gasteiger partial charge is 0.258 e. The Balaban J connectivity index is 2.28. The zero-order valence-electron chi connectivity index (χ0n) is 9.88. The van der Waals surface area contributed by atoms with Crippen LogP contribution in [-0.4, -0.2) is 10.9 Å². The third-order valence-corrected chi connectivity index (χ3v) is 2.39. The van der Waals surface area contributed by atoms with Crippen LogP contribution in [0.3, 0.4) is 0 Å². The lowest BCUT2D eigenvalue weighted by Gasteiger charge is -2.07. The number of carbonyl (C=O) groups excluding carboxylic acids is 1. The van der Waals surface area contributed by atoms with Crippen LogP contribution in [0.2, 0.25) is 0 Å². The lowest BCUT2D eigenvalue weighted by atomic mass is 10.2. The van der Waals surface area contributed by atoms with Crippen molar-refractivity contribution in [2.45, 2.75) is 6.92 Å². The van der Waals surface area contributed by atoms with Crippen molar-refractivity contribution in [3.8, 4) is 0 Å². The summed E-state index contributed by atoms with van der Waals surface area (Å²) in [5.74, 6) is -4.10. The summed E-state index contributed by atoms with van der Waals surface area (Å²) >= 11 is 0. The van der Waals surface area contributed by atoms with Crippen LogP contribution >= 0.6 is 0 Å². The number of pyridine rings is 1. The number of halogens is 3. The van der Waals surface area contributed by atoms with Crippen LogP contribution < -0.4 is 5.32 Å². The van der Waals surface area contributed by atoms with Crippen LogP contribution in [0.15, 0.2) is 30.5 Å². The molecule has 0 aliphatic heterocycles. The Labute approximate surface area is 107 Å². The van der Waals surface area contributed by atoms with E-state index in [2.05, 4.69) is 10.3 Å². The van der Waals surface area contributed by atoms with Crippen LogP contribution in [-0.2, 0) is 0 Å². The highest BCUT2D eigenvalue weighted by atomic mass is 19.2. The van der Waals surface area contributed by atoms with E-state index in [1.54, 1.807) is 6.92 Å². The summed E-state index contributed by atoms with van der Waals surface area (Å²) in [5, 5.41) is 2.29. The normalized spacial score (nSPS) is 10.3. The third kappa shape index (κ3) is 2.90. The lowest BCUT2D eigenvalue weighted by molar-refractivity contribution is 0.102. The number of benzene rings is 1. The number of hydrogen-bond donors (Lipinski definition) is 1. The fourth-order valence-corrected chi connectivity index (χ4v) is 1.60. The molecule has 1 aromatic heterocycles. The molecule has 19 heavy (non-hydrogen) atoms. The van der Waals surface area contributed by atoms with Crippen molar-refractivity contribution >= 4 is 11.6 Å². The van der Waals surface area contributed by atoms with Gasteiger partial charge in [-0.2, -0.15) is 4.39 Å². The van der Waals surface area contributed by atoms with Crippen molar-refractivity contribution in [2.75, 3.05) is 5.32 Å². The SMILES string of the molecule is Cc1cc(F)cc(NC(=O)c2ccnc(F)c2F)c1. The van der Waals surface area contributed by atoms with Gasteiger partial charge in [-0.05, 0) is 36.8 Å². The predicted octanol–water partition coefficient (Wildman–Crippen LogP) is 3.06. The number of aryl methyl sites for hydroxylation is 1. The van der Waals surface area contributed by atoms with Crippen molar-refractivity contribution in [1.29, 1.82) is 0 Å². The second-order valence-electron chi connectivity index (χ2n) is 3.93. The van der Waals surface area contributed by atoms with Gasteiger partial charge in [0.1, 0.15) is 5.82 Å². The maximum absolute atomic E-state index is 13.3. The minimum Gasteiger partial charge on any atom is -0.322 e. The van der Waals surface area contributed by atoms with Crippen LogP contribution in [0.1, 0.15) is 15.9 Å². The van der Waals surface area contributed by atoms with Gasteiger partial charge in [0.2, 0.25) is 5.95 Å². The van der Waals surface area contributed by atoms with E-state index in [9.17, 15) is 18.0 Å². The van der Waals surface area contributed by atoms with E-state index < -0.39 is 29.1 Å². The zero-order chi connectivity index (χ0) is 14.0. The van der Waals surface area contributed by atoms with Crippen molar-refractivity contribution in [3.63, 3.8) is 0 Å². The van der Waals surface area contributed by atoms with Crippen LogP contribution in [0, 0.1) is 24.5 Å². The van der Waals surface area contributed by atoms with Crippen LogP contribution in [0.4, 0.5) is 18.9 Å². The Morgan fingerprint density at radius 2 is 1.95 bits per heavy atom. The van der Waals surface area contributed by atoms with Gasteiger partial charge in [0.15, 0.2) is 5.82 Å². The van der Waals surface area contributed by atoms with E-state index in [4.69, 9.17) is 0 Å². The summed E-state index contributed by atoms with van der Waals surface area (Å²) in [7, 11) is 0. The number of amides is 1. The molecule has 0 spiro atoms. The van der Waals surface area contributed by atoms with E-state index in [1.165, 1.54) is 12.1 Å². The summed E-state index contributed by atoms with van der Waals surface area (Å²) < 4.78 is 39.4. The maximum atomic E-state index is 13.3. The molecule has 0 bridgehead atoms. The summed E-state index contributed by atoms with van der Waals surface area (Å²) in [6, 6.07) is 4.92. The van der Waals surface area contributed by atoms with Gasteiger partial charge in [0, 0.05) is 11.9 Å². The summed E-state index contributed by atoms with van der Waals surface area (Å²) in [4.78, 5) is 14.8. The predicted molar refractivity (Wildman–Crippen MR) is 63.2 cm³/mol. The molecule has 6 heteroatoms. The molecule has 0 aliphatic rings. The van der Waals surface area contributed by atoms with Gasteiger partial charge >= 0.3 is 0 Å². The standard InChI is InChI=1S/C13H9F3N2O/c1-7-4-8(14)6-9(5-7)18-13(19)10-2-3-17-12(16)11(10)15/h2-6H,1H3,(H,18,19). The third-order valence-electron chi connectivity index (χ3n) is 2.39. The Morgan fingerprint density at radius 1 is 1.21 bits per heavy atom. The first kappa shape index (κ1) is 13.1. The molecule has 0 saturated carbocycles. The molecule has 0 unspecified atom stereocenters. The van der Waals surface area contributed by atoms with Gasteiger partial charge in [-0.25, -0.2) is 13.8 Å². The largest absolute Gasteiger partial charge is 0.322 e. The van der Waals surface area contributed by atoms with Crippen LogP contribution in [0.25, 0.3) is 0 Å². The molecule has 2 rings (SSSR count). The average Bonchev–Trinajstić information content (AvgIpc) is 2.31. The van der Waals surface area contributed by atoms with Crippen molar-refractivity contribution < 1.29 is 18.0 Å². The molecule has 1 aromatic carbocycles. The molecule has 0 saturated heterocycles. The molecule has 0 atom stereocenters. The van der Waals surface area contributed by atoms with Crippen molar-refractivity contribution in [3.05, 3.63) is 59.2 Å². The van der Waals surface area contributed by atoms with Crippen molar-refractivity contribution in [2.24, 2.45) is 0 Å². The molecule has 0 aliphatic carbocycles. The quantitative estimate of drug-likeness (QED) is 0.849. The second-order valence-corrected chi connectivity index (χ2v) is 3.93. The fraction of sp³-hybridized carbons (Fsp3) is 0.0769. The van der Waals surface area contributed by atoms with Gasteiger partial charge in [-0.15, -0.1) is 0 Å². The average molecular weight is 266 g/mol. The number of nitrogens with zero attached hydrogens (tertiary/aromatic N) is 1. The highest BCUT2D eigenvalue weighted by Crippen LogP contribution is 2.16. The first-order valence-corrected chi connectivity index (χ1v) is 5.36. The molecule has 1 heterocycles. The van der Waals surface area contributed by atoms with E-state index >= 15 is 0 Å². The zero-order valence-corrected chi connectivity index (χ0v) is 9.88. The van der Waals surface area contributed by atoms with E-state index in [-0.39, 0.29) is 5.69 Å². The second kappa shape index (κ2) is 5.09. The maximum Gasteiger partial charge on any atom is 0.258 e. The number of rotatable bonds is 2. The fourth-order valence-electron chi connectivity index (χ4n) is 1.60. The van der Waals surface area contributed by atoms with Gasteiger partial charge in [0.25, 0.3) is 5.91 Å². The number of nitrogens with one attached hydrogen (secondary N) is 1. The molecule has 98 valence electrons. The number of carbonyl (C=O) groups is 1. The molecular weight excluding hydrogens is 257 g/mol. The number of hydrogen-bond acceptors (Lipinski definition) is 2. The Morgan fingerprint density at radius 3 is 2.63 bits per heavy atom. The summed E-state index contributed by atoms with van der Waals surface area (Å²) in [6.45, 7) is 1.64. The molecular formula is C13H9F3N2O. The summed E-state index contributed by atoms with van der Waals surface area (Å²) in [5.41, 5.74) is 0.269. The van der Waals surface area contributed by atoms with E-state index in [0.717, 1.165) is 18.3 Å². The van der Waals surface area contributed by atoms with Gasteiger partial charge in [-0.3, -0.25) is 4.79 Å². The van der Waals surface area contributed by atoms with Gasteiger partial charge < -0.3 is 5.32 Å². The molecule has 1 amide bonds. The molecule has 0 radical (unpaired) electrons. The minimum atomic E-state index is -1.36. The molecule has 1 N–H and O–H groups in total. The van der Waals surface area contributed by atoms with Gasteiger partial charge in [-0.1, -0.05) is 0 Å².